The van der Waals surface area contributed by atoms with E-state index in [2.05, 4.69) is 10.3 Å². The summed E-state index contributed by atoms with van der Waals surface area (Å²) in [5.41, 5.74) is 0.851. The summed E-state index contributed by atoms with van der Waals surface area (Å²) in [6.07, 6.45) is 0.789. The minimum absolute atomic E-state index is 0.0416. The number of aryl methyl sites for hydroxylation is 1. The van der Waals surface area contributed by atoms with E-state index in [0.29, 0.717) is 5.13 Å². The second-order valence-corrected chi connectivity index (χ2v) is 5.26. The van der Waals surface area contributed by atoms with E-state index in [-0.39, 0.29) is 25.0 Å². The van der Waals surface area contributed by atoms with Crippen molar-refractivity contribution in [3.05, 3.63) is 11.1 Å². The van der Waals surface area contributed by atoms with Crippen molar-refractivity contribution in [3.8, 4) is 0 Å². The number of aromatic nitrogens is 1. The number of carbonyl (C=O) groups excluding carboxylic acids is 1. The van der Waals surface area contributed by atoms with E-state index in [0.717, 1.165) is 12.1 Å². The smallest absolute Gasteiger partial charge is 0.317 e. The molecule has 0 saturated heterocycles. The number of hydrogen-bond donors (Lipinski definition) is 2. The lowest BCUT2D eigenvalue weighted by Gasteiger charge is -2.25. The van der Waals surface area contributed by atoms with Crippen LogP contribution in [-0.4, -0.2) is 46.0 Å². The van der Waals surface area contributed by atoms with Gasteiger partial charge in [-0.3, -0.25) is 14.5 Å². The molecule has 1 aromatic rings. The van der Waals surface area contributed by atoms with Crippen LogP contribution in [0.15, 0.2) is 5.38 Å². The van der Waals surface area contributed by atoms with Gasteiger partial charge in [0, 0.05) is 11.4 Å². The quantitative estimate of drug-likeness (QED) is 0.794. The van der Waals surface area contributed by atoms with Crippen molar-refractivity contribution < 1.29 is 14.7 Å². The second-order valence-electron chi connectivity index (χ2n) is 4.40. The second kappa shape index (κ2) is 7.20. The lowest BCUT2D eigenvalue weighted by Crippen LogP contribution is -2.42. The minimum Gasteiger partial charge on any atom is -0.480 e. The Hall–Kier alpha value is -1.47. The molecule has 0 aliphatic heterocycles. The van der Waals surface area contributed by atoms with Crippen LogP contribution in [0.25, 0.3) is 0 Å². The maximum absolute atomic E-state index is 11.9. The third kappa shape index (κ3) is 5.35. The molecule has 1 amide bonds. The summed E-state index contributed by atoms with van der Waals surface area (Å²) in [6, 6.07) is 0.0416. The number of carboxylic acid groups (broad SMARTS) is 1. The Morgan fingerprint density at radius 2 is 2.21 bits per heavy atom. The molecule has 1 atom stereocenters. The number of hydrogen-bond acceptors (Lipinski definition) is 5. The summed E-state index contributed by atoms with van der Waals surface area (Å²) in [4.78, 5) is 28.4. The third-order valence-corrected chi connectivity index (χ3v) is 3.64. The van der Waals surface area contributed by atoms with Gasteiger partial charge in [0.15, 0.2) is 5.13 Å². The van der Waals surface area contributed by atoms with Crippen molar-refractivity contribution in [2.24, 2.45) is 0 Å². The molecule has 0 bridgehead atoms. The van der Waals surface area contributed by atoms with E-state index in [1.54, 1.807) is 4.90 Å². The predicted molar refractivity (Wildman–Crippen MR) is 74.4 cm³/mol. The first-order valence-corrected chi connectivity index (χ1v) is 6.98. The highest BCUT2D eigenvalue weighted by molar-refractivity contribution is 7.13. The Bertz CT molecular complexity index is 447. The SMILES string of the molecule is CCC(C)N(CC(=O)O)CC(=O)Nc1nc(C)cs1. The number of amides is 1. The van der Waals surface area contributed by atoms with Gasteiger partial charge in [0.2, 0.25) is 5.91 Å². The van der Waals surface area contributed by atoms with Crippen molar-refractivity contribution in [3.63, 3.8) is 0 Å². The number of carbonyl (C=O) groups is 2. The lowest BCUT2D eigenvalue weighted by molar-refractivity contribution is -0.139. The summed E-state index contributed by atoms with van der Waals surface area (Å²) in [5, 5.41) is 13.9. The average molecular weight is 285 g/mol. The minimum atomic E-state index is -0.932. The van der Waals surface area contributed by atoms with Crippen LogP contribution in [0.1, 0.15) is 26.0 Å². The van der Waals surface area contributed by atoms with Gasteiger partial charge in [-0.15, -0.1) is 11.3 Å². The number of rotatable bonds is 7. The van der Waals surface area contributed by atoms with E-state index in [1.807, 2.05) is 26.2 Å². The monoisotopic (exact) mass is 285 g/mol. The fourth-order valence-corrected chi connectivity index (χ4v) is 2.26. The lowest BCUT2D eigenvalue weighted by atomic mass is 10.2. The fraction of sp³-hybridized carbons (Fsp3) is 0.583. The van der Waals surface area contributed by atoms with Gasteiger partial charge in [-0.2, -0.15) is 0 Å². The Balaban J connectivity index is 2.57. The molecule has 0 fully saturated rings. The molecule has 1 aromatic heterocycles. The van der Waals surface area contributed by atoms with Crippen LogP contribution in [0.3, 0.4) is 0 Å². The Kier molecular flexibility index (Phi) is 5.91. The van der Waals surface area contributed by atoms with E-state index < -0.39 is 5.97 Å². The van der Waals surface area contributed by atoms with Crippen LogP contribution in [-0.2, 0) is 9.59 Å². The molecular formula is C12H19N3O3S. The fourth-order valence-electron chi connectivity index (χ4n) is 1.55. The van der Waals surface area contributed by atoms with Crippen molar-refractivity contribution in [2.45, 2.75) is 33.2 Å². The number of nitrogens with zero attached hydrogens (tertiary/aromatic N) is 2. The average Bonchev–Trinajstić information content (AvgIpc) is 2.72. The van der Waals surface area contributed by atoms with Crippen LogP contribution >= 0.6 is 11.3 Å². The summed E-state index contributed by atoms with van der Waals surface area (Å²) in [6.45, 7) is 5.63. The topological polar surface area (TPSA) is 82.5 Å². The van der Waals surface area contributed by atoms with E-state index in [1.165, 1.54) is 11.3 Å². The zero-order valence-electron chi connectivity index (χ0n) is 11.3. The molecule has 0 aliphatic carbocycles. The van der Waals surface area contributed by atoms with Crippen LogP contribution in [0.5, 0.6) is 0 Å². The van der Waals surface area contributed by atoms with Crippen LogP contribution < -0.4 is 5.32 Å². The maximum atomic E-state index is 11.9. The normalized spacial score (nSPS) is 12.4. The van der Waals surface area contributed by atoms with E-state index in [4.69, 9.17) is 5.11 Å². The van der Waals surface area contributed by atoms with Gasteiger partial charge in [0.1, 0.15) is 0 Å². The summed E-state index contributed by atoms with van der Waals surface area (Å²) < 4.78 is 0. The largest absolute Gasteiger partial charge is 0.480 e. The van der Waals surface area contributed by atoms with Gasteiger partial charge in [0.25, 0.3) is 0 Å². The third-order valence-electron chi connectivity index (χ3n) is 2.76. The van der Waals surface area contributed by atoms with Gasteiger partial charge in [-0.05, 0) is 20.3 Å². The Morgan fingerprint density at radius 1 is 1.53 bits per heavy atom. The van der Waals surface area contributed by atoms with Crippen LogP contribution in [0.4, 0.5) is 5.13 Å². The molecule has 1 unspecified atom stereocenters. The van der Waals surface area contributed by atoms with Crippen molar-refractivity contribution in [1.82, 2.24) is 9.88 Å². The number of nitrogens with one attached hydrogen (secondary N) is 1. The molecule has 6 nitrogen and oxygen atoms in total. The molecule has 19 heavy (non-hydrogen) atoms. The summed E-state index contributed by atoms with van der Waals surface area (Å²) in [5.74, 6) is -1.17. The summed E-state index contributed by atoms with van der Waals surface area (Å²) >= 11 is 1.36. The number of aliphatic carboxylic acids is 1. The van der Waals surface area contributed by atoms with Crippen LogP contribution in [0.2, 0.25) is 0 Å². The molecule has 0 radical (unpaired) electrons. The van der Waals surface area contributed by atoms with E-state index >= 15 is 0 Å². The van der Waals surface area contributed by atoms with Gasteiger partial charge in [0.05, 0.1) is 18.8 Å². The Labute approximate surface area is 116 Å². The summed E-state index contributed by atoms with van der Waals surface area (Å²) in [7, 11) is 0. The first kappa shape index (κ1) is 15.6. The number of thiazole rings is 1. The predicted octanol–water partition coefficient (Wildman–Crippen LogP) is 1.58. The standard InChI is InChI=1S/C12H19N3O3S/c1-4-9(3)15(6-11(17)18)5-10(16)14-12-13-8(2)7-19-12/h7,9H,4-6H2,1-3H3,(H,17,18)(H,13,14,16). The highest BCUT2D eigenvalue weighted by Crippen LogP contribution is 2.14. The molecule has 1 heterocycles. The van der Waals surface area contributed by atoms with Crippen molar-refractivity contribution in [2.75, 3.05) is 18.4 Å². The highest BCUT2D eigenvalue weighted by atomic mass is 32.1. The molecule has 2 N–H and O–H groups in total. The molecule has 0 aromatic carbocycles. The van der Waals surface area contributed by atoms with Gasteiger partial charge < -0.3 is 10.4 Å². The van der Waals surface area contributed by atoms with E-state index in [9.17, 15) is 9.59 Å². The molecule has 0 spiro atoms. The number of anilines is 1. The highest BCUT2D eigenvalue weighted by Gasteiger charge is 2.19. The molecule has 0 saturated carbocycles. The zero-order chi connectivity index (χ0) is 14.4. The zero-order valence-corrected chi connectivity index (χ0v) is 12.2. The first-order valence-electron chi connectivity index (χ1n) is 6.10. The van der Waals surface area contributed by atoms with Crippen LogP contribution in [0, 0.1) is 6.92 Å². The van der Waals surface area contributed by atoms with Gasteiger partial charge in [-0.25, -0.2) is 4.98 Å². The molecule has 7 heteroatoms. The van der Waals surface area contributed by atoms with Crippen molar-refractivity contribution in [1.29, 1.82) is 0 Å². The molecule has 106 valence electrons. The maximum Gasteiger partial charge on any atom is 0.317 e. The molecule has 0 aliphatic rings. The Morgan fingerprint density at radius 3 is 2.68 bits per heavy atom. The number of carboxylic acids is 1. The van der Waals surface area contributed by atoms with Crippen molar-refractivity contribution >= 4 is 28.3 Å². The molecular weight excluding hydrogens is 266 g/mol. The van der Waals surface area contributed by atoms with Gasteiger partial charge >= 0.3 is 5.97 Å². The first-order chi connectivity index (χ1) is 8.92. The van der Waals surface area contributed by atoms with Gasteiger partial charge in [-0.1, -0.05) is 6.92 Å². The molecule has 1 rings (SSSR count).